The minimum atomic E-state index is -0.145. The summed E-state index contributed by atoms with van der Waals surface area (Å²) in [5.41, 5.74) is 2.68. The number of pyridine rings is 1. The summed E-state index contributed by atoms with van der Waals surface area (Å²) in [6, 6.07) is 1.93. The van der Waals surface area contributed by atoms with Crippen molar-refractivity contribution in [2.75, 3.05) is 23.7 Å². The third kappa shape index (κ3) is 2.89. The molecule has 2 rings (SSSR count). The van der Waals surface area contributed by atoms with Crippen LogP contribution in [-0.4, -0.2) is 35.6 Å². The Hall–Kier alpha value is -1.56. The summed E-state index contributed by atoms with van der Waals surface area (Å²) < 4.78 is 0. The van der Waals surface area contributed by atoms with Crippen molar-refractivity contribution in [3.8, 4) is 0 Å². The zero-order valence-electron chi connectivity index (χ0n) is 11.3. The van der Waals surface area contributed by atoms with Crippen LogP contribution in [0, 0.1) is 13.8 Å². The predicted octanol–water partition coefficient (Wildman–Crippen LogP) is 1.27. The van der Waals surface area contributed by atoms with E-state index in [4.69, 9.17) is 0 Å². The predicted molar refractivity (Wildman–Crippen MR) is 75.5 cm³/mol. The molecule has 0 saturated heterocycles. The topological polar surface area (TPSA) is 62.3 Å². The first-order valence-electron chi connectivity index (χ1n) is 6.21. The molecule has 1 aromatic rings. The molecule has 0 bridgehead atoms. The van der Waals surface area contributed by atoms with Crippen LogP contribution in [-0.2, 0) is 9.59 Å². The van der Waals surface area contributed by atoms with Crippen LogP contribution in [0.3, 0.4) is 0 Å². The number of hydrogen-bond acceptors (Lipinski definition) is 4. The Kier molecular flexibility index (Phi) is 4.09. The van der Waals surface area contributed by atoms with Gasteiger partial charge in [0, 0.05) is 12.2 Å². The number of hydrogen-bond donors (Lipinski definition) is 1. The van der Waals surface area contributed by atoms with E-state index >= 15 is 0 Å². The van der Waals surface area contributed by atoms with Crippen molar-refractivity contribution in [2.45, 2.75) is 25.8 Å². The van der Waals surface area contributed by atoms with Crippen molar-refractivity contribution in [3.05, 3.63) is 17.3 Å². The van der Waals surface area contributed by atoms with E-state index in [1.165, 1.54) is 11.8 Å². The van der Waals surface area contributed by atoms with Gasteiger partial charge in [-0.2, -0.15) is 0 Å². The van der Waals surface area contributed by atoms with Crippen molar-refractivity contribution < 1.29 is 9.59 Å². The number of thioether (sulfide) groups is 1. The number of carbonyl (C=O) groups is 2. The van der Waals surface area contributed by atoms with E-state index in [1.807, 2.05) is 26.8 Å². The average Bonchev–Trinajstić information content (AvgIpc) is 2.32. The van der Waals surface area contributed by atoms with Crippen LogP contribution in [0.4, 0.5) is 5.69 Å². The molecule has 5 nitrogen and oxygen atoms in total. The van der Waals surface area contributed by atoms with Gasteiger partial charge in [-0.25, -0.2) is 4.98 Å². The molecule has 2 amide bonds. The third-order valence-corrected chi connectivity index (χ3v) is 3.81. The Morgan fingerprint density at radius 1 is 1.53 bits per heavy atom. The maximum absolute atomic E-state index is 12.0. The highest BCUT2D eigenvalue weighted by molar-refractivity contribution is 8.00. The second-order valence-electron chi connectivity index (χ2n) is 4.46. The van der Waals surface area contributed by atoms with E-state index in [2.05, 4.69) is 10.3 Å². The molecule has 0 radical (unpaired) electrons. The molecule has 6 heteroatoms. The van der Waals surface area contributed by atoms with Crippen molar-refractivity contribution >= 4 is 29.3 Å². The number of likely N-dealkylation sites (N-methyl/N-ethyl adjacent to an activating group) is 1. The number of rotatable bonds is 3. The van der Waals surface area contributed by atoms with E-state index in [0.29, 0.717) is 12.3 Å². The van der Waals surface area contributed by atoms with Gasteiger partial charge in [0.25, 0.3) is 0 Å². The zero-order valence-corrected chi connectivity index (χ0v) is 12.1. The summed E-state index contributed by atoms with van der Waals surface area (Å²) in [5, 5.41) is 3.55. The monoisotopic (exact) mass is 279 g/mol. The Balaban J connectivity index is 2.35. The quantitative estimate of drug-likeness (QED) is 0.905. The molecule has 0 aliphatic carbocycles. The summed E-state index contributed by atoms with van der Waals surface area (Å²) in [6.45, 7) is 6.35. The fourth-order valence-electron chi connectivity index (χ4n) is 2.12. The summed E-state index contributed by atoms with van der Waals surface area (Å²) in [4.78, 5) is 29.7. The summed E-state index contributed by atoms with van der Waals surface area (Å²) >= 11 is 1.44. The number of nitrogens with zero attached hydrogens (tertiary/aromatic N) is 2. The Morgan fingerprint density at radius 2 is 2.26 bits per heavy atom. The first kappa shape index (κ1) is 13.9. The Labute approximate surface area is 116 Å². The molecule has 19 heavy (non-hydrogen) atoms. The van der Waals surface area contributed by atoms with Gasteiger partial charge in [-0.3, -0.25) is 14.5 Å². The van der Waals surface area contributed by atoms with Crippen molar-refractivity contribution in [3.63, 3.8) is 0 Å². The standard InChI is InChI=1S/C13H17N3O2S/c1-4-14-10(17)6-16-11(18)7-19-13-12(16)8(2)5-9(3)15-13/h5H,4,6-7H2,1-3H3,(H,14,17). The molecule has 0 unspecified atom stereocenters. The van der Waals surface area contributed by atoms with Crippen molar-refractivity contribution in [1.82, 2.24) is 10.3 Å². The minimum Gasteiger partial charge on any atom is -0.355 e. The van der Waals surface area contributed by atoms with Crippen molar-refractivity contribution in [1.29, 1.82) is 0 Å². The van der Waals surface area contributed by atoms with Gasteiger partial charge in [0.2, 0.25) is 11.8 Å². The number of carbonyl (C=O) groups excluding carboxylic acids is 2. The van der Waals surface area contributed by atoms with Gasteiger partial charge in [0.05, 0.1) is 11.4 Å². The molecule has 2 heterocycles. The lowest BCUT2D eigenvalue weighted by Crippen LogP contribution is -2.43. The number of anilines is 1. The molecule has 1 aliphatic heterocycles. The van der Waals surface area contributed by atoms with Crippen LogP contribution < -0.4 is 10.2 Å². The molecular formula is C13H17N3O2S. The highest BCUT2D eigenvalue weighted by atomic mass is 32.2. The first-order valence-corrected chi connectivity index (χ1v) is 7.19. The van der Waals surface area contributed by atoms with Gasteiger partial charge in [0.15, 0.2) is 0 Å². The van der Waals surface area contributed by atoms with Crippen LogP contribution in [0.1, 0.15) is 18.2 Å². The summed E-state index contributed by atoms with van der Waals surface area (Å²) in [5.74, 6) is 0.147. The minimum absolute atomic E-state index is 0.0440. The summed E-state index contributed by atoms with van der Waals surface area (Å²) in [6.07, 6.45) is 0. The van der Waals surface area contributed by atoms with Crippen LogP contribution in [0.15, 0.2) is 11.1 Å². The molecule has 1 aliphatic rings. The molecule has 1 aromatic heterocycles. The van der Waals surface area contributed by atoms with Gasteiger partial charge in [0.1, 0.15) is 11.6 Å². The Bertz CT molecular complexity index is 531. The highest BCUT2D eigenvalue weighted by Crippen LogP contribution is 2.36. The van der Waals surface area contributed by atoms with E-state index in [9.17, 15) is 9.59 Å². The number of aryl methyl sites for hydroxylation is 2. The van der Waals surface area contributed by atoms with E-state index < -0.39 is 0 Å². The lowest BCUT2D eigenvalue weighted by atomic mass is 10.2. The van der Waals surface area contributed by atoms with Gasteiger partial charge in [-0.15, -0.1) is 0 Å². The molecule has 0 atom stereocenters. The van der Waals surface area contributed by atoms with Crippen LogP contribution in [0.25, 0.3) is 0 Å². The second kappa shape index (κ2) is 5.61. The first-order chi connectivity index (χ1) is 9.02. The number of aromatic nitrogens is 1. The maximum atomic E-state index is 12.0. The molecule has 102 valence electrons. The van der Waals surface area contributed by atoms with Gasteiger partial charge in [-0.1, -0.05) is 11.8 Å². The molecular weight excluding hydrogens is 262 g/mol. The van der Waals surface area contributed by atoms with Gasteiger partial charge < -0.3 is 5.32 Å². The number of fused-ring (bicyclic) bond motifs is 1. The van der Waals surface area contributed by atoms with Crippen LogP contribution in [0.5, 0.6) is 0 Å². The molecule has 0 saturated carbocycles. The lowest BCUT2D eigenvalue weighted by Gasteiger charge is -2.29. The number of amides is 2. The average molecular weight is 279 g/mol. The lowest BCUT2D eigenvalue weighted by molar-refractivity contribution is -0.122. The molecule has 0 aromatic carbocycles. The fourth-order valence-corrected chi connectivity index (χ4v) is 3.15. The van der Waals surface area contributed by atoms with Crippen molar-refractivity contribution in [2.24, 2.45) is 0 Å². The maximum Gasteiger partial charge on any atom is 0.240 e. The molecule has 1 N–H and O–H groups in total. The fraction of sp³-hybridized carbons (Fsp3) is 0.462. The summed E-state index contributed by atoms with van der Waals surface area (Å²) in [7, 11) is 0. The largest absolute Gasteiger partial charge is 0.355 e. The molecule has 0 spiro atoms. The van der Waals surface area contributed by atoms with Crippen LogP contribution in [0.2, 0.25) is 0 Å². The SMILES string of the molecule is CCNC(=O)CN1C(=O)CSc2nc(C)cc(C)c21. The zero-order chi connectivity index (χ0) is 14.0. The van der Waals surface area contributed by atoms with E-state index in [0.717, 1.165) is 22.0 Å². The van der Waals surface area contributed by atoms with E-state index in [-0.39, 0.29) is 18.4 Å². The van der Waals surface area contributed by atoms with Crippen LogP contribution >= 0.6 is 11.8 Å². The van der Waals surface area contributed by atoms with Gasteiger partial charge >= 0.3 is 0 Å². The smallest absolute Gasteiger partial charge is 0.240 e. The third-order valence-electron chi connectivity index (χ3n) is 2.86. The second-order valence-corrected chi connectivity index (χ2v) is 5.42. The normalized spacial score (nSPS) is 14.3. The molecule has 0 fully saturated rings. The number of nitrogens with one attached hydrogen (secondary N) is 1. The van der Waals surface area contributed by atoms with Gasteiger partial charge in [-0.05, 0) is 32.4 Å². The van der Waals surface area contributed by atoms with E-state index in [1.54, 1.807) is 4.90 Å². The highest BCUT2D eigenvalue weighted by Gasteiger charge is 2.29. The Morgan fingerprint density at radius 3 is 2.95 bits per heavy atom.